The average molecular weight is 466 g/mol. The molecule has 0 bridgehead atoms. The SMILES string of the molecule is CC(CNC(=O)OCC1c2ccccc2-c2ccccc21)C(=O)N1CCN(CCC(=O)O)CC1. The second kappa shape index (κ2) is 10.7. The summed E-state index contributed by atoms with van der Waals surface area (Å²) in [7, 11) is 0. The minimum absolute atomic E-state index is 0.00497. The minimum atomic E-state index is -0.813. The normalized spacial score (nSPS) is 16.4. The van der Waals surface area contributed by atoms with Crippen molar-refractivity contribution in [2.45, 2.75) is 19.3 Å². The number of carbonyl (C=O) groups is 3. The first-order valence-electron chi connectivity index (χ1n) is 11.8. The largest absolute Gasteiger partial charge is 0.481 e. The van der Waals surface area contributed by atoms with Crippen LogP contribution >= 0.6 is 0 Å². The Labute approximate surface area is 199 Å². The molecule has 4 rings (SSSR count). The lowest BCUT2D eigenvalue weighted by Crippen LogP contribution is -2.51. The maximum Gasteiger partial charge on any atom is 0.407 e. The molecule has 2 N–H and O–H groups in total. The lowest BCUT2D eigenvalue weighted by Gasteiger charge is -2.35. The Hall–Kier alpha value is -3.39. The summed E-state index contributed by atoms with van der Waals surface area (Å²) in [5.41, 5.74) is 4.66. The summed E-state index contributed by atoms with van der Waals surface area (Å²) in [4.78, 5) is 39.7. The van der Waals surface area contributed by atoms with Crippen LogP contribution in [0.5, 0.6) is 0 Å². The monoisotopic (exact) mass is 465 g/mol. The molecule has 180 valence electrons. The van der Waals surface area contributed by atoms with Crippen LogP contribution in [0.15, 0.2) is 48.5 Å². The molecule has 1 fully saturated rings. The van der Waals surface area contributed by atoms with Crippen LogP contribution < -0.4 is 5.32 Å². The number of carbonyl (C=O) groups excluding carboxylic acids is 2. The number of alkyl carbamates (subject to hydrolysis) is 1. The highest BCUT2D eigenvalue weighted by Gasteiger charge is 2.29. The summed E-state index contributed by atoms with van der Waals surface area (Å²) in [6.45, 7) is 5.17. The number of hydrogen-bond acceptors (Lipinski definition) is 5. The Morgan fingerprint density at radius 3 is 2.18 bits per heavy atom. The van der Waals surface area contributed by atoms with Crippen LogP contribution in [-0.4, -0.2) is 78.8 Å². The van der Waals surface area contributed by atoms with E-state index in [9.17, 15) is 14.4 Å². The maximum atomic E-state index is 12.7. The summed E-state index contributed by atoms with van der Waals surface area (Å²) in [6.07, 6.45) is -0.422. The van der Waals surface area contributed by atoms with Gasteiger partial charge < -0.3 is 20.1 Å². The first-order valence-corrected chi connectivity index (χ1v) is 11.8. The Kier molecular flexibility index (Phi) is 7.47. The predicted octanol–water partition coefficient (Wildman–Crippen LogP) is 2.78. The number of hydrogen-bond donors (Lipinski definition) is 2. The molecule has 1 aliphatic heterocycles. The fourth-order valence-electron chi connectivity index (χ4n) is 4.73. The third-order valence-corrected chi connectivity index (χ3v) is 6.64. The molecular weight excluding hydrogens is 434 g/mol. The number of nitrogens with one attached hydrogen (secondary N) is 1. The molecule has 1 saturated heterocycles. The molecule has 0 aromatic heterocycles. The molecule has 0 radical (unpaired) electrons. The minimum Gasteiger partial charge on any atom is -0.481 e. The van der Waals surface area contributed by atoms with Gasteiger partial charge in [-0.3, -0.25) is 14.5 Å². The number of carboxylic acids is 1. The van der Waals surface area contributed by atoms with Crippen molar-refractivity contribution < 1.29 is 24.2 Å². The van der Waals surface area contributed by atoms with Gasteiger partial charge in [0.1, 0.15) is 6.61 Å². The van der Waals surface area contributed by atoms with Gasteiger partial charge in [0.15, 0.2) is 0 Å². The van der Waals surface area contributed by atoms with Crippen LogP contribution in [0.4, 0.5) is 4.79 Å². The fourth-order valence-corrected chi connectivity index (χ4v) is 4.73. The van der Waals surface area contributed by atoms with Crippen molar-refractivity contribution in [2.24, 2.45) is 5.92 Å². The van der Waals surface area contributed by atoms with Crippen molar-refractivity contribution in [1.29, 1.82) is 0 Å². The van der Waals surface area contributed by atoms with Crippen molar-refractivity contribution in [3.63, 3.8) is 0 Å². The van der Waals surface area contributed by atoms with Crippen LogP contribution in [0.3, 0.4) is 0 Å². The zero-order valence-corrected chi connectivity index (χ0v) is 19.4. The Balaban J connectivity index is 1.23. The van der Waals surface area contributed by atoms with Gasteiger partial charge in [-0.25, -0.2) is 4.79 Å². The van der Waals surface area contributed by atoms with Gasteiger partial charge in [0, 0.05) is 45.2 Å². The van der Waals surface area contributed by atoms with E-state index in [0.717, 1.165) is 11.1 Å². The summed E-state index contributed by atoms with van der Waals surface area (Å²) >= 11 is 0. The van der Waals surface area contributed by atoms with E-state index in [4.69, 9.17) is 9.84 Å². The first-order chi connectivity index (χ1) is 16.4. The molecule has 1 heterocycles. The van der Waals surface area contributed by atoms with E-state index >= 15 is 0 Å². The number of fused-ring (bicyclic) bond motifs is 3. The van der Waals surface area contributed by atoms with E-state index in [1.54, 1.807) is 11.8 Å². The van der Waals surface area contributed by atoms with Gasteiger partial charge in [-0.2, -0.15) is 0 Å². The van der Waals surface area contributed by atoms with E-state index in [0.29, 0.717) is 32.7 Å². The number of benzene rings is 2. The van der Waals surface area contributed by atoms with Crippen LogP contribution in [0.2, 0.25) is 0 Å². The second-order valence-corrected chi connectivity index (χ2v) is 8.92. The molecule has 2 aromatic rings. The standard InChI is InChI=1S/C26H31N3O5/c1-18(25(32)29-14-12-28(13-15-29)11-10-24(30)31)16-27-26(33)34-17-23-21-8-4-2-6-19(21)20-7-3-5-9-22(20)23/h2-9,18,23H,10-17H2,1H3,(H,27,33)(H,30,31). The Morgan fingerprint density at radius 2 is 1.59 bits per heavy atom. The van der Waals surface area contributed by atoms with E-state index in [-0.39, 0.29) is 37.3 Å². The van der Waals surface area contributed by atoms with Gasteiger partial charge in [0.2, 0.25) is 5.91 Å². The van der Waals surface area contributed by atoms with Gasteiger partial charge >= 0.3 is 12.1 Å². The summed E-state index contributed by atoms with van der Waals surface area (Å²) < 4.78 is 5.55. The number of carboxylic acid groups (broad SMARTS) is 1. The zero-order chi connectivity index (χ0) is 24.1. The second-order valence-electron chi connectivity index (χ2n) is 8.92. The topological polar surface area (TPSA) is 99.2 Å². The highest BCUT2D eigenvalue weighted by Crippen LogP contribution is 2.44. The zero-order valence-electron chi connectivity index (χ0n) is 19.4. The molecule has 8 nitrogen and oxygen atoms in total. The Morgan fingerprint density at radius 1 is 1.00 bits per heavy atom. The fraction of sp³-hybridized carbons (Fsp3) is 0.423. The summed E-state index contributed by atoms with van der Waals surface area (Å²) in [6, 6.07) is 16.3. The number of nitrogens with zero attached hydrogens (tertiary/aromatic N) is 2. The number of ether oxygens (including phenoxy) is 1. The van der Waals surface area contributed by atoms with Crippen molar-refractivity contribution in [3.8, 4) is 11.1 Å². The first kappa shape index (κ1) is 23.8. The molecule has 1 atom stereocenters. The van der Waals surface area contributed by atoms with Crippen LogP contribution in [0.25, 0.3) is 11.1 Å². The molecule has 2 amide bonds. The molecule has 0 saturated carbocycles. The van der Waals surface area contributed by atoms with Gasteiger partial charge in [-0.05, 0) is 22.3 Å². The molecule has 34 heavy (non-hydrogen) atoms. The van der Waals surface area contributed by atoms with Gasteiger partial charge in [0.05, 0.1) is 12.3 Å². The van der Waals surface area contributed by atoms with E-state index < -0.39 is 12.1 Å². The lowest BCUT2D eigenvalue weighted by molar-refractivity contribution is -0.139. The van der Waals surface area contributed by atoms with E-state index in [1.165, 1.54) is 11.1 Å². The van der Waals surface area contributed by atoms with E-state index in [1.807, 2.05) is 24.3 Å². The van der Waals surface area contributed by atoms with Crippen LogP contribution in [0.1, 0.15) is 30.4 Å². The van der Waals surface area contributed by atoms with Gasteiger partial charge in [0.25, 0.3) is 0 Å². The van der Waals surface area contributed by atoms with Crippen molar-refractivity contribution in [3.05, 3.63) is 59.7 Å². The summed E-state index contributed by atoms with van der Waals surface area (Å²) in [5, 5.41) is 11.5. The highest BCUT2D eigenvalue weighted by atomic mass is 16.5. The highest BCUT2D eigenvalue weighted by molar-refractivity contribution is 5.80. The van der Waals surface area contributed by atoms with Gasteiger partial charge in [-0.1, -0.05) is 55.5 Å². The molecule has 2 aliphatic rings. The quantitative estimate of drug-likeness (QED) is 0.622. The summed E-state index contributed by atoms with van der Waals surface area (Å²) in [5.74, 6) is -1.20. The van der Waals surface area contributed by atoms with Crippen LogP contribution in [-0.2, 0) is 14.3 Å². The van der Waals surface area contributed by atoms with Crippen molar-refractivity contribution in [2.75, 3.05) is 45.9 Å². The number of amides is 2. The number of aliphatic carboxylic acids is 1. The molecule has 1 aliphatic carbocycles. The molecular formula is C26H31N3O5. The Bertz CT molecular complexity index is 1000. The van der Waals surface area contributed by atoms with Crippen LogP contribution in [0, 0.1) is 5.92 Å². The molecule has 2 aromatic carbocycles. The predicted molar refractivity (Wildman–Crippen MR) is 128 cm³/mol. The van der Waals surface area contributed by atoms with Crippen molar-refractivity contribution in [1.82, 2.24) is 15.1 Å². The molecule has 8 heteroatoms. The smallest absolute Gasteiger partial charge is 0.407 e. The third kappa shape index (κ3) is 5.39. The number of piperazine rings is 1. The molecule has 0 spiro atoms. The lowest BCUT2D eigenvalue weighted by atomic mass is 9.98. The average Bonchev–Trinajstić information content (AvgIpc) is 3.18. The van der Waals surface area contributed by atoms with E-state index in [2.05, 4.69) is 34.5 Å². The van der Waals surface area contributed by atoms with Gasteiger partial charge in [-0.15, -0.1) is 0 Å². The van der Waals surface area contributed by atoms with Crippen molar-refractivity contribution >= 4 is 18.0 Å². The third-order valence-electron chi connectivity index (χ3n) is 6.64. The number of rotatable bonds is 8. The molecule has 1 unspecified atom stereocenters. The maximum absolute atomic E-state index is 12.7.